The van der Waals surface area contributed by atoms with Crippen LogP contribution in [0.1, 0.15) is 45.9 Å². The maximum atomic E-state index is 5.99. The molecule has 2 N–H and O–H groups in total. The highest BCUT2D eigenvalue weighted by atomic mass is 16.5. The Kier molecular flexibility index (Phi) is 4.11. The zero-order valence-corrected chi connectivity index (χ0v) is 12.4. The highest BCUT2D eigenvalue weighted by Crippen LogP contribution is 2.26. The lowest BCUT2D eigenvalue weighted by Crippen LogP contribution is -2.52. The summed E-state index contributed by atoms with van der Waals surface area (Å²) in [6.45, 7) is 10.2. The molecule has 1 aliphatic heterocycles. The van der Waals surface area contributed by atoms with E-state index in [2.05, 4.69) is 43.6 Å². The second-order valence-corrected chi connectivity index (χ2v) is 6.02. The largest absolute Gasteiger partial charge is 0.369 e. The van der Waals surface area contributed by atoms with Gasteiger partial charge < -0.3 is 15.4 Å². The molecule has 0 aromatic carbocycles. The zero-order chi connectivity index (χ0) is 14.0. The summed E-state index contributed by atoms with van der Waals surface area (Å²) in [6.07, 6.45) is 3.08. The topological polar surface area (TPSA) is 51.4 Å². The third-order valence-corrected chi connectivity index (χ3v) is 3.52. The normalized spacial score (nSPS) is 24.3. The number of anilines is 1. The Morgan fingerprint density at radius 2 is 2.26 bits per heavy atom. The molecule has 106 valence electrons. The van der Waals surface area contributed by atoms with Crippen LogP contribution in [0.4, 0.5) is 5.69 Å². The molecule has 1 aliphatic rings. The number of nitrogens with zero attached hydrogens (tertiary/aromatic N) is 2. The van der Waals surface area contributed by atoms with Crippen LogP contribution in [-0.4, -0.2) is 29.8 Å². The molecule has 0 radical (unpaired) electrons. The third-order valence-electron chi connectivity index (χ3n) is 3.52. The average molecular weight is 263 g/mol. The lowest BCUT2D eigenvalue weighted by Gasteiger charge is -2.42. The minimum atomic E-state index is -0.115. The Labute approximate surface area is 116 Å². The smallest absolute Gasteiger partial charge is 0.0805 e. The van der Waals surface area contributed by atoms with Crippen LogP contribution in [0.5, 0.6) is 0 Å². The fourth-order valence-corrected chi connectivity index (χ4v) is 2.66. The molecule has 4 nitrogen and oxygen atoms in total. The van der Waals surface area contributed by atoms with Crippen LogP contribution in [0.15, 0.2) is 18.3 Å². The fraction of sp³-hybridized carbons (Fsp3) is 0.667. The van der Waals surface area contributed by atoms with Crippen molar-refractivity contribution in [1.29, 1.82) is 0 Å². The van der Waals surface area contributed by atoms with Crippen LogP contribution in [-0.2, 0) is 4.74 Å². The quantitative estimate of drug-likeness (QED) is 0.910. The highest BCUT2D eigenvalue weighted by molar-refractivity contribution is 5.46. The van der Waals surface area contributed by atoms with Crippen molar-refractivity contribution in [3.05, 3.63) is 24.0 Å². The summed E-state index contributed by atoms with van der Waals surface area (Å²) >= 11 is 0. The maximum absolute atomic E-state index is 5.99. The van der Waals surface area contributed by atoms with Crippen LogP contribution in [0.3, 0.4) is 0 Å². The van der Waals surface area contributed by atoms with Crippen LogP contribution < -0.4 is 10.6 Å². The van der Waals surface area contributed by atoms with E-state index in [0.29, 0.717) is 0 Å². The molecule has 19 heavy (non-hydrogen) atoms. The third kappa shape index (κ3) is 3.45. The van der Waals surface area contributed by atoms with Crippen molar-refractivity contribution < 1.29 is 4.74 Å². The molecule has 1 saturated heterocycles. The van der Waals surface area contributed by atoms with Gasteiger partial charge in [0.15, 0.2) is 0 Å². The minimum Gasteiger partial charge on any atom is -0.369 e. The molecule has 2 heterocycles. The van der Waals surface area contributed by atoms with E-state index >= 15 is 0 Å². The molecule has 0 spiro atoms. The summed E-state index contributed by atoms with van der Waals surface area (Å²) in [7, 11) is 0. The van der Waals surface area contributed by atoms with Crippen molar-refractivity contribution in [1.82, 2.24) is 4.98 Å². The van der Waals surface area contributed by atoms with Gasteiger partial charge in [-0.05, 0) is 39.3 Å². The molecule has 1 fully saturated rings. The fourth-order valence-electron chi connectivity index (χ4n) is 2.66. The molecule has 2 rings (SSSR count). The number of aromatic nitrogens is 1. The zero-order valence-electron chi connectivity index (χ0n) is 12.4. The lowest BCUT2D eigenvalue weighted by molar-refractivity contribution is -0.0749. The van der Waals surface area contributed by atoms with E-state index in [-0.39, 0.29) is 17.7 Å². The Morgan fingerprint density at radius 3 is 2.79 bits per heavy atom. The van der Waals surface area contributed by atoms with Crippen LogP contribution in [0.25, 0.3) is 0 Å². The SMILES string of the molecule is CC[C@@H](N)c1ccc(N2CC(C)OC(C)(C)C2)cn1. The van der Waals surface area contributed by atoms with E-state index in [1.807, 2.05) is 12.3 Å². The van der Waals surface area contributed by atoms with Gasteiger partial charge in [-0.3, -0.25) is 4.98 Å². The van der Waals surface area contributed by atoms with E-state index in [1.54, 1.807) is 0 Å². The minimum absolute atomic E-state index is 0.0362. The first-order valence-electron chi connectivity index (χ1n) is 7.05. The van der Waals surface area contributed by atoms with Crippen molar-refractivity contribution in [2.45, 2.75) is 51.9 Å². The number of ether oxygens (including phenoxy) is 1. The Morgan fingerprint density at radius 1 is 1.53 bits per heavy atom. The number of hydrogen-bond acceptors (Lipinski definition) is 4. The average Bonchev–Trinajstić information content (AvgIpc) is 2.35. The van der Waals surface area contributed by atoms with Crippen molar-refractivity contribution in [2.75, 3.05) is 18.0 Å². The summed E-state index contributed by atoms with van der Waals surface area (Å²) in [5.41, 5.74) is 7.99. The van der Waals surface area contributed by atoms with Crippen LogP contribution >= 0.6 is 0 Å². The lowest BCUT2D eigenvalue weighted by atomic mass is 10.0. The van der Waals surface area contributed by atoms with Gasteiger partial charge in [-0.15, -0.1) is 0 Å². The summed E-state index contributed by atoms with van der Waals surface area (Å²) < 4.78 is 5.92. The van der Waals surface area contributed by atoms with E-state index in [1.165, 1.54) is 0 Å². The number of rotatable bonds is 3. The summed E-state index contributed by atoms with van der Waals surface area (Å²) in [5, 5.41) is 0. The molecule has 1 aromatic heterocycles. The van der Waals surface area contributed by atoms with Crippen molar-refractivity contribution in [3.8, 4) is 0 Å². The second-order valence-electron chi connectivity index (χ2n) is 6.02. The Hall–Kier alpha value is -1.13. The van der Waals surface area contributed by atoms with Crippen molar-refractivity contribution >= 4 is 5.69 Å². The predicted molar refractivity (Wildman–Crippen MR) is 78.3 cm³/mol. The molecular formula is C15H25N3O. The molecule has 0 aliphatic carbocycles. The first kappa shape index (κ1) is 14.3. The molecular weight excluding hydrogens is 238 g/mol. The monoisotopic (exact) mass is 263 g/mol. The van der Waals surface area contributed by atoms with Crippen molar-refractivity contribution in [2.24, 2.45) is 5.73 Å². The van der Waals surface area contributed by atoms with Gasteiger partial charge in [-0.2, -0.15) is 0 Å². The molecule has 2 atom stereocenters. The van der Waals surface area contributed by atoms with Gasteiger partial charge in [0.1, 0.15) is 0 Å². The predicted octanol–water partition coefficient (Wildman–Crippen LogP) is 2.50. The number of morpholine rings is 1. The summed E-state index contributed by atoms with van der Waals surface area (Å²) in [4.78, 5) is 6.83. The first-order valence-corrected chi connectivity index (χ1v) is 7.05. The van der Waals surface area contributed by atoms with E-state index in [0.717, 1.165) is 30.9 Å². The van der Waals surface area contributed by atoms with Gasteiger partial charge in [0.05, 0.1) is 29.3 Å². The van der Waals surface area contributed by atoms with E-state index < -0.39 is 0 Å². The number of nitrogens with two attached hydrogens (primary N) is 1. The Balaban J connectivity index is 2.13. The van der Waals surface area contributed by atoms with Gasteiger partial charge in [0, 0.05) is 19.1 Å². The van der Waals surface area contributed by atoms with Gasteiger partial charge >= 0.3 is 0 Å². The first-order chi connectivity index (χ1) is 8.91. The second kappa shape index (κ2) is 5.47. The molecule has 0 saturated carbocycles. The number of hydrogen-bond donors (Lipinski definition) is 1. The van der Waals surface area contributed by atoms with E-state index in [4.69, 9.17) is 10.5 Å². The van der Waals surface area contributed by atoms with E-state index in [9.17, 15) is 0 Å². The number of pyridine rings is 1. The van der Waals surface area contributed by atoms with Gasteiger partial charge in [0.25, 0.3) is 0 Å². The van der Waals surface area contributed by atoms with Crippen LogP contribution in [0, 0.1) is 0 Å². The van der Waals surface area contributed by atoms with Gasteiger partial charge in [0.2, 0.25) is 0 Å². The summed E-state index contributed by atoms with van der Waals surface area (Å²) in [6, 6.07) is 4.19. The highest BCUT2D eigenvalue weighted by Gasteiger charge is 2.31. The van der Waals surface area contributed by atoms with Gasteiger partial charge in [-0.25, -0.2) is 0 Å². The maximum Gasteiger partial charge on any atom is 0.0805 e. The molecule has 0 amide bonds. The van der Waals surface area contributed by atoms with Crippen LogP contribution in [0.2, 0.25) is 0 Å². The molecule has 0 bridgehead atoms. The van der Waals surface area contributed by atoms with Crippen molar-refractivity contribution in [3.63, 3.8) is 0 Å². The molecule has 1 unspecified atom stereocenters. The van der Waals surface area contributed by atoms with Gasteiger partial charge in [-0.1, -0.05) is 6.92 Å². The molecule has 1 aromatic rings. The Bertz CT molecular complexity index is 416. The standard InChI is InChI=1S/C15H25N3O/c1-5-13(16)14-7-6-12(8-17-14)18-9-11(2)19-15(3,4)10-18/h6-8,11,13H,5,9-10,16H2,1-4H3/t11?,13-/m1/s1. The molecule has 4 heteroatoms. The summed E-state index contributed by atoms with van der Waals surface area (Å²) in [5.74, 6) is 0.